The van der Waals surface area contributed by atoms with Crippen LogP contribution in [-0.2, 0) is 12.7 Å². The highest BCUT2D eigenvalue weighted by molar-refractivity contribution is 5.71. The van der Waals surface area contributed by atoms with Crippen molar-refractivity contribution >= 4 is 22.7 Å². The van der Waals surface area contributed by atoms with Gasteiger partial charge in [-0.15, -0.1) is 0 Å². The summed E-state index contributed by atoms with van der Waals surface area (Å²) in [5.74, 6) is 0.533. The molecular weight excluding hydrogens is 445 g/mol. The summed E-state index contributed by atoms with van der Waals surface area (Å²) in [6, 6.07) is 2.69. The molecule has 2 fully saturated rings. The van der Waals surface area contributed by atoms with E-state index in [1.165, 1.54) is 18.5 Å². The summed E-state index contributed by atoms with van der Waals surface area (Å²) >= 11 is 0. The molecule has 0 bridgehead atoms. The molecule has 1 saturated carbocycles. The summed E-state index contributed by atoms with van der Waals surface area (Å²) in [6.45, 7) is 1.06. The van der Waals surface area contributed by atoms with Crippen molar-refractivity contribution in [3.05, 3.63) is 36.4 Å². The number of fused-ring (bicyclic) bond motifs is 1. The molecule has 0 radical (unpaired) electrons. The second kappa shape index (κ2) is 8.07. The molecule has 1 aliphatic heterocycles. The van der Waals surface area contributed by atoms with Gasteiger partial charge in [-0.3, -0.25) is 0 Å². The van der Waals surface area contributed by atoms with Crippen LogP contribution >= 0.6 is 0 Å². The van der Waals surface area contributed by atoms with Crippen LogP contribution in [0, 0.1) is 5.41 Å². The number of hydrogen-bond donors (Lipinski definition) is 1. The maximum absolute atomic E-state index is 12.7. The number of halogens is 5. The Hall–Kier alpha value is -3.05. The molecule has 0 unspecified atom stereocenters. The lowest BCUT2D eigenvalue weighted by molar-refractivity contribution is -0.141. The minimum absolute atomic E-state index is 0.159. The highest BCUT2D eigenvalue weighted by Gasteiger charge is 2.45. The van der Waals surface area contributed by atoms with Crippen molar-refractivity contribution in [2.75, 3.05) is 23.3 Å². The summed E-state index contributed by atoms with van der Waals surface area (Å²) in [7, 11) is 0. The van der Waals surface area contributed by atoms with Crippen molar-refractivity contribution in [2.24, 2.45) is 5.41 Å². The highest BCUT2D eigenvalue weighted by Crippen LogP contribution is 2.46. The molecule has 33 heavy (non-hydrogen) atoms. The summed E-state index contributed by atoms with van der Waals surface area (Å²) in [5, 5.41) is 7.29. The van der Waals surface area contributed by atoms with E-state index < -0.39 is 24.8 Å². The van der Waals surface area contributed by atoms with Gasteiger partial charge in [0.1, 0.15) is 23.6 Å². The van der Waals surface area contributed by atoms with Gasteiger partial charge in [-0.25, -0.2) is 28.4 Å². The fourth-order valence-corrected chi connectivity index (χ4v) is 4.77. The first-order chi connectivity index (χ1) is 15.7. The second-order valence-corrected chi connectivity index (χ2v) is 8.86. The van der Waals surface area contributed by atoms with Gasteiger partial charge in [0.2, 0.25) is 0 Å². The molecule has 3 aromatic rings. The lowest BCUT2D eigenvalue weighted by atomic mass is 9.67. The van der Waals surface area contributed by atoms with Crippen molar-refractivity contribution in [1.29, 1.82) is 0 Å². The van der Waals surface area contributed by atoms with E-state index >= 15 is 0 Å². The maximum Gasteiger partial charge on any atom is 0.433 e. The van der Waals surface area contributed by atoms with Gasteiger partial charge in [0, 0.05) is 24.5 Å². The van der Waals surface area contributed by atoms with E-state index in [-0.39, 0.29) is 11.5 Å². The topological polar surface area (TPSA) is 71.8 Å². The lowest BCUT2D eigenvalue weighted by Gasteiger charge is -2.54. The van der Waals surface area contributed by atoms with Crippen molar-refractivity contribution in [2.45, 2.75) is 50.9 Å². The van der Waals surface area contributed by atoms with E-state index in [1.54, 1.807) is 6.20 Å². The Labute approximate surface area is 186 Å². The van der Waals surface area contributed by atoms with Crippen LogP contribution in [0.2, 0.25) is 0 Å². The molecule has 3 aromatic heterocycles. The number of anilines is 2. The standard InChI is InChI=1S/C21H22F5N7/c22-17(23)10-33-19-15(8-29-33)27-9-18(31-19)30-13-3-5-20(6-4-13)11-32(12-20)14-1-2-16(28-7-14)21(24,25)26/h1-2,7-9,13,17H,3-6,10-12H2,(H,30,31). The van der Waals surface area contributed by atoms with Crippen LogP contribution in [0.25, 0.3) is 11.2 Å². The lowest BCUT2D eigenvalue weighted by Crippen LogP contribution is -2.58. The molecule has 1 N–H and O–H groups in total. The van der Waals surface area contributed by atoms with Gasteiger partial charge in [0.05, 0.1) is 24.3 Å². The van der Waals surface area contributed by atoms with Crippen molar-refractivity contribution in [3.63, 3.8) is 0 Å². The Kier molecular flexibility index (Phi) is 5.32. The molecule has 12 heteroatoms. The van der Waals surface area contributed by atoms with Gasteiger partial charge < -0.3 is 10.2 Å². The molecular formula is C21H22F5N7. The minimum atomic E-state index is -4.43. The third-order valence-corrected chi connectivity index (χ3v) is 6.51. The summed E-state index contributed by atoms with van der Waals surface area (Å²) in [4.78, 5) is 14.3. The van der Waals surface area contributed by atoms with Gasteiger partial charge in [0.15, 0.2) is 5.65 Å². The third-order valence-electron chi connectivity index (χ3n) is 6.51. The Morgan fingerprint density at radius 3 is 2.45 bits per heavy atom. The summed E-state index contributed by atoms with van der Waals surface area (Å²) in [6.07, 6.45) is 1.12. The van der Waals surface area contributed by atoms with Crippen molar-refractivity contribution < 1.29 is 22.0 Å². The number of pyridine rings is 1. The minimum Gasteiger partial charge on any atom is -0.369 e. The third kappa shape index (κ3) is 4.42. The second-order valence-electron chi connectivity index (χ2n) is 8.86. The predicted molar refractivity (Wildman–Crippen MR) is 111 cm³/mol. The van der Waals surface area contributed by atoms with E-state index in [9.17, 15) is 22.0 Å². The Morgan fingerprint density at radius 1 is 1.06 bits per heavy atom. The van der Waals surface area contributed by atoms with Gasteiger partial charge in [0.25, 0.3) is 6.43 Å². The number of alkyl halides is 5. The van der Waals surface area contributed by atoms with Crippen LogP contribution in [0.15, 0.2) is 30.7 Å². The van der Waals surface area contributed by atoms with Gasteiger partial charge in [-0.1, -0.05) is 0 Å². The van der Waals surface area contributed by atoms with E-state index in [1.807, 2.05) is 0 Å². The Bertz CT molecular complexity index is 1110. The van der Waals surface area contributed by atoms with Gasteiger partial charge in [-0.2, -0.15) is 18.3 Å². The summed E-state index contributed by atoms with van der Waals surface area (Å²) < 4.78 is 64.7. The number of rotatable bonds is 5. The van der Waals surface area contributed by atoms with Crippen LogP contribution in [0.3, 0.4) is 0 Å². The molecule has 1 spiro atoms. The molecule has 5 rings (SSSR count). The molecule has 1 saturated heterocycles. The Balaban J connectivity index is 1.16. The van der Waals surface area contributed by atoms with Gasteiger partial charge in [-0.05, 0) is 37.8 Å². The van der Waals surface area contributed by atoms with E-state index in [0.717, 1.165) is 49.5 Å². The number of nitrogens with one attached hydrogen (secondary N) is 1. The highest BCUT2D eigenvalue weighted by atomic mass is 19.4. The van der Waals surface area contributed by atoms with E-state index in [0.29, 0.717) is 22.7 Å². The van der Waals surface area contributed by atoms with Crippen LogP contribution in [-0.4, -0.2) is 50.3 Å². The van der Waals surface area contributed by atoms with E-state index in [4.69, 9.17) is 0 Å². The first kappa shape index (κ1) is 21.8. The maximum atomic E-state index is 12.7. The van der Waals surface area contributed by atoms with Gasteiger partial charge >= 0.3 is 6.18 Å². The quantitative estimate of drug-likeness (QED) is 0.562. The van der Waals surface area contributed by atoms with Crippen molar-refractivity contribution in [1.82, 2.24) is 24.7 Å². The zero-order chi connectivity index (χ0) is 23.2. The molecule has 4 heterocycles. The normalized spacial score (nSPS) is 18.8. The molecule has 2 aliphatic rings. The van der Waals surface area contributed by atoms with Crippen molar-refractivity contribution in [3.8, 4) is 0 Å². The fourth-order valence-electron chi connectivity index (χ4n) is 4.77. The molecule has 0 aromatic carbocycles. The first-order valence-corrected chi connectivity index (χ1v) is 10.7. The zero-order valence-electron chi connectivity index (χ0n) is 17.6. The summed E-state index contributed by atoms with van der Waals surface area (Å²) in [5.41, 5.74) is 0.778. The first-order valence-electron chi connectivity index (χ1n) is 10.7. The van der Waals surface area contributed by atoms with Crippen LogP contribution in [0.4, 0.5) is 33.5 Å². The largest absolute Gasteiger partial charge is 0.433 e. The SMILES string of the molecule is FC(F)Cn1ncc2ncc(NC3CCC4(CC3)CN(c3ccc(C(F)(F)F)nc3)C4)nc21. The van der Waals surface area contributed by atoms with Crippen LogP contribution in [0.5, 0.6) is 0 Å². The monoisotopic (exact) mass is 467 g/mol. The average molecular weight is 467 g/mol. The Morgan fingerprint density at radius 2 is 1.82 bits per heavy atom. The number of nitrogens with zero attached hydrogens (tertiary/aromatic N) is 6. The predicted octanol–water partition coefficient (Wildman–Crippen LogP) is 4.37. The van der Waals surface area contributed by atoms with Crippen LogP contribution in [0.1, 0.15) is 31.4 Å². The zero-order valence-corrected chi connectivity index (χ0v) is 17.6. The molecule has 7 nitrogen and oxygen atoms in total. The number of aromatic nitrogens is 5. The molecule has 1 aliphatic carbocycles. The fraction of sp³-hybridized carbons (Fsp3) is 0.524. The van der Waals surface area contributed by atoms with E-state index in [2.05, 4.69) is 30.3 Å². The number of hydrogen-bond acceptors (Lipinski definition) is 6. The molecule has 0 atom stereocenters. The van der Waals surface area contributed by atoms with Crippen LogP contribution < -0.4 is 10.2 Å². The average Bonchev–Trinajstić information content (AvgIpc) is 3.14. The smallest absolute Gasteiger partial charge is 0.369 e. The molecule has 176 valence electrons. The molecule has 0 amide bonds.